The highest BCUT2D eigenvalue weighted by atomic mass is 19.4. The Hall–Kier alpha value is -4.53. The smallest absolute Gasteiger partial charge is 0.496 e. The van der Waals surface area contributed by atoms with Crippen LogP contribution >= 0.6 is 0 Å². The number of alkyl halides is 6. The third-order valence-electron chi connectivity index (χ3n) is 8.45. The highest BCUT2D eigenvalue weighted by molar-refractivity contribution is 5.97. The van der Waals surface area contributed by atoms with Crippen LogP contribution in [0.3, 0.4) is 0 Å². The summed E-state index contributed by atoms with van der Waals surface area (Å²) in [6.45, 7) is 1.73. The zero-order valence-corrected chi connectivity index (χ0v) is 26.9. The van der Waals surface area contributed by atoms with E-state index in [1.807, 2.05) is 4.90 Å². The van der Waals surface area contributed by atoms with Gasteiger partial charge in [0.25, 0.3) is 5.91 Å². The van der Waals surface area contributed by atoms with Gasteiger partial charge >= 0.3 is 12.5 Å². The zero-order chi connectivity index (χ0) is 35.3. The lowest BCUT2D eigenvalue weighted by Crippen LogP contribution is -2.35. The summed E-state index contributed by atoms with van der Waals surface area (Å²) in [5, 5.41) is 0. The van der Waals surface area contributed by atoms with Gasteiger partial charge in [0.05, 0.1) is 23.7 Å². The average molecular weight is 696 g/mol. The number of methoxy groups -OCH3 is 1. The van der Waals surface area contributed by atoms with Gasteiger partial charge in [0, 0.05) is 39.1 Å². The van der Waals surface area contributed by atoms with E-state index in [1.165, 1.54) is 41.8 Å². The van der Waals surface area contributed by atoms with Crippen molar-refractivity contribution in [2.24, 2.45) is 0 Å². The number of rotatable bonds is 11. The summed E-state index contributed by atoms with van der Waals surface area (Å²) in [5.41, 5.74) is 1.54. The fourth-order valence-corrected chi connectivity index (χ4v) is 6.14. The Morgan fingerprint density at radius 1 is 0.959 bits per heavy atom. The molecule has 0 N–H and O–H groups in total. The van der Waals surface area contributed by atoms with Gasteiger partial charge in [-0.15, -0.1) is 13.2 Å². The number of amides is 1. The minimum Gasteiger partial charge on any atom is -0.496 e. The van der Waals surface area contributed by atoms with Gasteiger partial charge < -0.3 is 28.7 Å². The second-order valence-corrected chi connectivity index (χ2v) is 11.9. The van der Waals surface area contributed by atoms with Gasteiger partial charge in [0.1, 0.15) is 23.9 Å². The van der Waals surface area contributed by atoms with E-state index in [2.05, 4.69) is 14.6 Å². The fraction of sp³-hybridized carbons (Fsp3) is 0.412. The maximum atomic E-state index is 13.8. The Kier molecular flexibility index (Phi) is 10.9. The molecule has 0 bridgehead atoms. The molecule has 8 nitrogen and oxygen atoms in total. The van der Waals surface area contributed by atoms with Crippen molar-refractivity contribution < 1.29 is 45.0 Å². The Morgan fingerprint density at radius 2 is 1.69 bits per heavy atom. The summed E-state index contributed by atoms with van der Waals surface area (Å²) in [4.78, 5) is 23.5. The standard InChI is InChI=1S/C34H36F7N5O3/c1-43(31(47)27-20-26(49-34(39,40)41)12-13-30(27)48-2)21-24(23-8-10-25(35)11-9-23)14-17-44-15-5-16-45(19-18-44)32-42-28-6-3-4-7-29(28)46(32)22-33(36,37)38/h3-4,6-13,20,24H,5,14-19,21-22H2,1-2H3. The molecule has 1 fully saturated rings. The van der Waals surface area contributed by atoms with E-state index in [1.54, 1.807) is 36.4 Å². The van der Waals surface area contributed by atoms with Crippen molar-refractivity contribution in [3.63, 3.8) is 0 Å². The van der Waals surface area contributed by atoms with E-state index < -0.39 is 36.6 Å². The number of carbonyl (C=O) groups excluding carboxylic acids is 1. The van der Waals surface area contributed by atoms with Crippen molar-refractivity contribution in [2.75, 3.05) is 58.3 Å². The van der Waals surface area contributed by atoms with Crippen LogP contribution in [0.25, 0.3) is 11.0 Å². The van der Waals surface area contributed by atoms with Crippen LogP contribution in [0.4, 0.5) is 36.7 Å². The van der Waals surface area contributed by atoms with E-state index in [4.69, 9.17) is 4.74 Å². The van der Waals surface area contributed by atoms with Crippen LogP contribution in [-0.4, -0.2) is 91.2 Å². The lowest BCUT2D eigenvalue weighted by Gasteiger charge is -2.28. The number of carbonyl (C=O) groups is 1. The molecule has 1 aliphatic rings. The van der Waals surface area contributed by atoms with E-state index in [0.717, 1.165) is 17.7 Å². The molecule has 0 aliphatic carbocycles. The number of anilines is 1. The quantitative estimate of drug-likeness (QED) is 0.156. The van der Waals surface area contributed by atoms with Crippen molar-refractivity contribution in [3.05, 3.63) is 83.7 Å². The molecule has 2 heterocycles. The van der Waals surface area contributed by atoms with E-state index in [9.17, 15) is 35.5 Å². The molecule has 49 heavy (non-hydrogen) atoms. The summed E-state index contributed by atoms with van der Waals surface area (Å²) in [5.74, 6) is -1.53. The fourth-order valence-electron chi connectivity index (χ4n) is 6.14. The van der Waals surface area contributed by atoms with Crippen molar-refractivity contribution >= 4 is 22.9 Å². The van der Waals surface area contributed by atoms with Crippen LogP contribution in [0.1, 0.15) is 34.7 Å². The molecule has 1 aliphatic heterocycles. The average Bonchev–Trinajstić information content (AvgIpc) is 3.22. The molecule has 1 unspecified atom stereocenters. The summed E-state index contributed by atoms with van der Waals surface area (Å²) >= 11 is 0. The predicted octanol–water partition coefficient (Wildman–Crippen LogP) is 7.10. The number of imidazole rings is 1. The first-order chi connectivity index (χ1) is 23.2. The Morgan fingerprint density at radius 3 is 2.39 bits per heavy atom. The summed E-state index contributed by atoms with van der Waals surface area (Å²) < 4.78 is 104. The van der Waals surface area contributed by atoms with E-state index in [-0.39, 0.29) is 29.7 Å². The number of aromatic nitrogens is 2. The summed E-state index contributed by atoms with van der Waals surface area (Å²) in [6.07, 6.45) is -8.17. The minimum absolute atomic E-state index is 0.0718. The van der Waals surface area contributed by atoms with Crippen molar-refractivity contribution in [2.45, 2.75) is 37.8 Å². The molecule has 1 amide bonds. The molecule has 15 heteroatoms. The maximum Gasteiger partial charge on any atom is 0.573 e. The van der Waals surface area contributed by atoms with Crippen LogP contribution in [0.5, 0.6) is 11.5 Å². The Balaban J connectivity index is 1.29. The largest absolute Gasteiger partial charge is 0.573 e. The zero-order valence-electron chi connectivity index (χ0n) is 26.9. The van der Waals surface area contributed by atoms with E-state index >= 15 is 0 Å². The van der Waals surface area contributed by atoms with Crippen molar-refractivity contribution in [1.29, 1.82) is 0 Å². The predicted molar refractivity (Wildman–Crippen MR) is 169 cm³/mol. The molecule has 5 rings (SSSR count). The number of ether oxygens (including phenoxy) is 2. The molecule has 0 spiro atoms. The summed E-state index contributed by atoms with van der Waals surface area (Å²) in [6, 6.07) is 15.9. The lowest BCUT2D eigenvalue weighted by molar-refractivity contribution is -0.274. The molecular formula is C34H36F7N5O3. The second kappa shape index (κ2) is 14.9. The second-order valence-electron chi connectivity index (χ2n) is 11.9. The van der Waals surface area contributed by atoms with Gasteiger partial charge in [0.2, 0.25) is 5.95 Å². The van der Waals surface area contributed by atoms with Gasteiger partial charge in [-0.25, -0.2) is 9.37 Å². The number of hydrogen-bond acceptors (Lipinski definition) is 6. The van der Waals surface area contributed by atoms with Gasteiger partial charge in [-0.2, -0.15) is 13.2 Å². The highest BCUT2D eigenvalue weighted by Gasteiger charge is 2.33. The lowest BCUT2D eigenvalue weighted by atomic mass is 9.94. The monoisotopic (exact) mass is 695 g/mol. The number of hydrogen-bond donors (Lipinski definition) is 0. The molecule has 0 saturated carbocycles. The topological polar surface area (TPSA) is 63.1 Å². The number of para-hydroxylation sites is 2. The van der Waals surface area contributed by atoms with Gasteiger partial charge in [-0.1, -0.05) is 24.3 Å². The molecule has 1 saturated heterocycles. The molecule has 3 aromatic carbocycles. The number of nitrogens with zero attached hydrogens (tertiary/aromatic N) is 5. The first-order valence-electron chi connectivity index (χ1n) is 15.6. The Bertz CT molecular complexity index is 1730. The number of benzene rings is 3. The maximum absolute atomic E-state index is 13.8. The highest BCUT2D eigenvalue weighted by Crippen LogP contribution is 2.31. The SMILES string of the molecule is COc1ccc(OC(F)(F)F)cc1C(=O)N(C)CC(CCN1CCCN(c2nc3ccccc3n2CC(F)(F)F)CC1)c1ccc(F)cc1. The van der Waals surface area contributed by atoms with Crippen LogP contribution in [0, 0.1) is 5.82 Å². The van der Waals surface area contributed by atoms with Crippen LogP contribution in [0.2, 0.25) is 0 Å². The van der Waals surface area contributed by atoms with Gasteiger partial charge in [-0.05, 0) is 74.0 Å². The van der Waals surface area contributed by atoms with Crippen molar-refractivity contribution in [3.8, 4) is 11.5 Å². The number of likely N-dealkylation sites (N-methyl/N-ethyl adjacent to an activating group) is 1. The number of fused-ring (bicyclic) bond motifs is 1. The molecule has 264 valence electrons. The van der Waals surface area contributed by atoms with E-state index in [0.29, 0.717) is 56.6 Å². The van der Waals surface area contributed by atoms with Gasteiger partial charge in [-0.3, -0.25) is 4.79 Å². The molecule has 1 aromatic heterocycles. The van der Waals surface area contributed by atoms with Crippen LogP contribution < -0.4 is 14.4 Å². The first kappa shape index (κ1) is 35.8. The molecule has 0 radical (unpaired) electrons. The number of halogens is 7. The van der Waals surface area contributed by atoms with Crippen molar-refractivity contribution in [1.82, 2.24) is 19.4 Å². The first-order valence-corrected chi connectivity index (χ1v) is 15.6. The van der Waals surface area contributed by atoms with Crippen LogP contribution in [0.15, 0.2) is 66.7 Å². The third-order valence-corrected chi connectivity index (χ3v) is 8.45. The summed E-state index contributed by atoms with van der Waals surface area (Å²) in [7, 11) is 2.82. The normalized spacial score (nSPS) is 15.2. The third kappa shape index (κ3) is 9.34. The molecular weight excluding hydrogens is 659 g/mol. The molecule has 4 aromatic rings. The van der Waals surface area contributed by atoms with Crippen LogP contribution in [-0.2, 0) is 6.54 Å². The minimum atomic E-state index is -4.95. The molecule has 1 atom stereocenters. The Labute approximate surface area is 278 Å². The van der Waals surface area contributed by atoms with Gasteiger partial charge in [0.15, 0.2) is 0 Å².